The molecule has 8 heteroatoms. The Hall–Kier alpha value is -1.15. The fourth-order valence-electron chi connectivity index (χ4n) is 1.89. The highest BCUT2D eigenvalue weighted by atomic mass is 32.2. The molecule has 7 nitrogen and oxygen atoms in total. The van der Waals surface area contributed by atoms with E-state index in [9.17, 15) is 18.5 Å². The quantitative estimate of drug-likeness (QED) is 0.471. The minimum atomic E-state index is -3.43. The van der Waals surface area contributed by atoms with Crippen LogP contribution < -0.4 is 0 Å². The minimum Gasteiger partial charge on any atom is -0.378 e. The predicted molar refractivity (Wildman–Crippen MR) is 55.0 cm³/mol. The summed E-state index contributed by atoms with van der Waals surface area (Å²) in [5.74, 6) is -0.424. The van der Waals surface area contributed by atoms with Gasteiger partial charge in [0.15, 0.2) is 9.84 Å². The molecule has 2 rings (SSSR count). The number of ether oxygens (including phenoxy) is 1. The number of morpholine rings is 1. The van der Waals surface area contributed by atoms with Crippen molar-refractivity contribution in [1.82, 2.24) is 4.90 Å². The molecule has 0 aromatic carbocycles. The number of sulfone groups is 1. The maximum atomic E-state index is 11.4. The van der Waals surface area contributed by atoms with Crippen LogP contribution in [-0.2, 0) is 14.6 Å². The molecule has 0 aliphatic carbocycles. The largest absolute Gasteiger partial charge is 0.378 e. The van der Waals surface area contributed by atoms with Gasteiger partial charge in [-0.3, -0.25) is 10.1 Å². The Labute approximate surface area is 92.7 Å². The normalized spacial score (nSPS) is 28.9. The zero-order chi connectivity index (χ0) is 11.8. The third-order valence-electron chi connectivity index (χ3n) is 2.66. The topological polar surface area (TPSA) is 89.8 Å². The molecular formula is C8H12N2O5S. The van der Waals surface area contributed by atoms with Gasteiger partial charge < -0.3 is 9.64 Å². The summed E-state index contributed by atoms with van der Waals surface area (Å²) in [6.07, 6.45) is 0. The summed E-state index contributed by atoms with van der Waals surface area (Å²) in [4.78, 5) is 12.0. The molecule has 2 aliphatic heterocycles. The molecule has 1 atom stereocenters. The molecule has 1 fully saturated rings. The third kappa shape index (κ3) is 2.17. The van der Waals surface area contributed by atoms with E-state index in [-0.39, 0.29) is 0 Å². The van der Waals surface area contributed by atoms with Crippen LogP contribution in [0.4, 0.5) is 0 Å². The lowest BCUT2D eigenvalue weighted by molar-refractivity contribution is -0.508. The zero-order valence-electron chi connectivity index (χ0n) is 8.53. The Morgan fingerprint density at radius 2 is 2.06 bits per heavy atom. The van der Waals surface area contributed by atoms with E-state index in [0.717, 1.165) is 5.41 Å². The van der Waals surface area contributed by atoms with Gasteiger partial charge in [0.1, 0.15) is 11.4 Å². The van der Waals surface area contributed by atoms with Crippen LogP contribution in [0.5, 0.6) is 0 Å². The van der Waals surface area contributed by atoms with E-state index < -0.39 is 26.6 Å². The lowest BCUT2D eigenvalue weighted by Gasteiger charge is -2.29. The van der Waals surface area contributed by atoms with Gasteiger partial charge in [-0.1, -0.05) is 0 Å². The lowest BCUT2D eigenvalue weighted by Crippen LogP contribution is -2.40. The van der Waals surface area contributed by atoms with E-state index in [0.29, 0.717) is 32.0 Å². The monoisotopic (exact) mass is 248 g/mol. The third-order valence-corrected chi connectivity index (χ3v) is 4.04. The molecule has 2 aliphatic rings. The first-order valence-electron chi connectivity index (χ1n) is 4.90. The number of hydrogen-bond donors (Lipinski definition) is 0. The molecule has 1 saturated heterocycles. The summed E-state index contributed by atoms with van der Waals surface area (Å²) < 4.78 is 27.8. The van der Waals surface area contributed by atoms with Crippen LogP contribution >= 0.6 is 0 Å². The predicted octanol–water partition coefficient (Wildman–Crippen LogP) is -0.766. The molecule has 0 aromatic rings. The van der Waals surface area contributed by atoms with Gasteiger partial charge in [-0.25, -0.2) is 8.42 Å². The summed E-state index contributed by atoms with van der Waals surface area (Å²) in [5, 5.41) is 11.8. The Balaban J connectivity index is 2.25. The van der Waals surface area contributed by atoms with Crippen molar-refractivity contribution in [2.24, 2.45) is 0 Å². The fourth-order valence-corrected chi connectivity index (χ4v) is 3.39. The maximum absolute atomic E-state index is 11.4. The van der Waals surface area contributed by atoms with E-state index in [1.807, 2.05) is 0 Å². The molecule has 0 aromatic heterocycles. The van der Waals surface area contributed by atoms with Crippen LogP contribution in [0, 0.1) is 10.1 Å². The Morgan fingerprint density at radius 3 is 2.62 bits per heavy atom. The lowest BCUT2D eigenvalue weighted by atomic mass is 10.2. The summed E-state index contributed by atoms with van der Waals surface area (Å²) in [6, 6.07) is -1.12. The van der Waals surface area contributed by atoms with Crippen LogP contribution in [0.1, 0.15) is 0 Å². The van der Waals surface area contributed by atoms with E-state index >= 15 is 0 Å². The molecule has 0 spiro atoms. The van der Waals surface area contributed by atoms with Crippen molar-refractivity contribution >= 4 is 9.84 Å². The molecule has 0 saturated carbocycles. The highest BCUT2D eigenvalue weighted by molar-refractivity contribution is 7.94. The number of rotatable bonds is 2. The second-order valence-electron chi connectivity index (χ2n) is 3.77. The van der Waals surface area contributed by atoms with Crippen molar-refractivity contribution in [3.8, 4) is 0 Å². The smallest absolute Gasteiger partial charge is 0.267 e. The van der Waals surface area contributed by atoms with Gasteiger partial charge in [0.2, 0.25) is 0 Å². The van der Waals surface area contributed by atoms with Gasteiger partial charge in [-0.15, -0.1) is 0 Å². The molecule has 0 bridgehead atoms. The summed E-state index contributed by atoms with van der Waals surface area (Å²) >= 11 is 0. The van der Waals surface area contributed by atoms with Gasteiger partial charge in [-0.05, 0) is 0 Å². The highest BCUT2D eigenvalue weighted by Gasteiger charge is 2.41. The van der Waals surface area contributed by atoms with Crippen molar-refractivity contribution in [2.75, 3.05) is 32.1 Å². The Morgan fingerprint density at radius 1 is 1.44 bits per heavy atom. The molecule has 0 amide bonds. The first-order valence-corrected chi connectivity index (χ1v) is 6.62. The number of nitro groups is 1. The molecule has 0 radical (unpaired) electrons. The van der Waals surface area contributed by atoms with Crippen molar-refractivity contribution in [3.63, 3.8) is 0 Å². The molecular weight excluding hydrogens is 236 g/mol. The van der Waals surface area contributed by atoms with Crippen molar-refractivity contribution in [1.29, 1.82) is 0 Å². The molecule has 16 heavy (non-hydrogen) atoms. The Bertz CT molecular complexity index is 424. The van der Waals surface area contributed by atoms with Gasteiger partial charge >= 0.3 is 0 Å². The van der Waals surface area contributed by atoms with Gasteiger partial charge in [-0.2, -0.15) is 0 Å². The van der Waals surface area contributed by atoms with Crippen LogP contribution in [0.3, 0.4) is 0 Å². The second kappa shape index (κ2) is 4.02. The standard InChI is InChI=1S/C8H12N2O5S/c11-10(12)8-6-16(13,14)5-7(8)9-1-3-15-4-2-9/h5,8H,1-4,6H2/t8-/m1/s1. The van der Waals surface area contributed by atoms with Gasteiger partial charge in [0.05, 0.1) is 18.6 Å². The highest BCUT2D eigenvalue weighted by Crippen LogP contribution is 2.24. The fraction of sp³-hybridized carbons (Fsp3) is 0.750. The zero-order valence-corrected chi connectivity index (χ0v) is 9.35. The average molecular weight is 248 g/mol. The summed E-state index contributed by atoms with van der Waals surface area (Å²) in [6.45, 7) is 1.96. The van der Waals surface area contributed by atoms with E-state index in [1.165, 1.54) is 0 Å². The SMILES string of the molecule is O=[N+]([O-])[C@@H]1CS(=O)(=O)C=C1N1CCOCC1. The molecule has 0 unspecified atom stereocenters. The van der Waals surface area contributed by atoms with Crippen molar-refractivity contribution < 1.29 is 18.1 Å². The van der Waals surface area contributed by atoms with Crippen LogP contribution in [0.15, 0.2) is 11.1 Å². The van der Waals surface area contributed by atoms with Crippen LogP contribution in [-0.4, -0.2) is 56.3 Å². The second-order valence-corrected chi connectivity index (χ2v) is 5.67. The number of nitrogens with zero attached hydrogens (tertiary/aromatic N) is 2. The van der Waals surface area contributed by atoms with E-state index in [1.54, 1.807) is 4.90 Å². The molecule has 2 heterocycles. The first-order chi connectivity index (χ1) is 7.49. The maximum Gasteiger partial charge on any atom is 0.267 e. The summed E-state index contributed by atoms with van der Waals surface area (Å²) in [7, 11) is -3.43. The Kier molecular flexibility index (Phi) is 2.85. The van der Waals surface area contributed by atoms with Crippen LogP contribution in [0.2, 0.25) is 0 Å². The molecule has 90 valence electrons. The van der Waals surface area contributed by atoms with Gasteiger partial charge in [0, 0.05) is 18.0 Å². The van der Waals surface area contributed by atoms with E-state index in [4.69, 9.17) is 4.74 Å². The minimum absolute atomic E-state index is 0.299. The number of hydrogen-bond acceptors (Lipinski definition) is 6. The van der Waals surface area contributed by atoms with Crippen molar-refractivity contribution in [3.05, 3.63) is 21.2 Å². The van der Waals surface area contributed by atoms with E-state index in [2.05, 4.69) is 0 Å². The molecule has 0 N–H and O–H groups in total. The summed E-state index contributed by atoms with van der Waals surface area (Å²) in [5.41, 5.74) is 0.299. The van der Waals surface area contributed by atoms with Crippen molar-refractivity contribution in [2.45, 2.75) is 6.04 Å². The van der Waals surface area contributed by atoms with Gasteiger partial charge in [0.25, 0.3) is 6.04 Å². The first kappa shape index (κ1) is 11.3. The van der Waals surface area contributed by atoms with Crippen LogP contribution in [0.25, 0.3) is 0 Å². The average Bonchev–Trinajstić information content (AvgIpc) is 2.56.